The Kier molecular flexibility index (Phi) is 6.48. The van der Waals surface area contributed by atoms with E-state index in [1.807, 2.05) is 25.1 Å². The van der Waals surface area contributed by atoms with Gasteiger partial charge in [-0.25, -0.2) is 4.79 Å². The van der Waals surface area contributed by atoms with E-state index in [0.29, 0.717) is 25.7 Å². The van der Waals surface area contributed by atoms with Gasteiger partial charge in [0.15, 0.2) is 0 Å². The minimum Gasteiger partial charge on any atom is -0.496 e. The zero-order valence-electron chi connectivity index (χ0n) is 13.8. The molecule has 1 aliphatic carbocycles. The number of halogens is 1. The number of benzene rings is 1. The third kappa shape index (κ3) is 4.87. The molecule has 0 aromatic heterocycles. The lowest BCUT2D eigenvalue weighted by Gasteiger charge is -2.27. The highest BCUT2D eigenvalue weighted by molar-refractivity contribution is 9.10. The number of carboxylic acids is 1. The Morgan fingerprint density at radius 3 is 2.50 bits per heavy atom. The smallest absolute Gasteiger partial charge is 0.315 e. The molecule has 6 nitrogen and oxygen atoms in total. The van der Waals surface area contributed by atoms with Gasteiger partial charge in [0.2, 0.25) is 0 Å². The summed E-state index contributed by atoms with van der Waals surface area (Å²) in [5, 5.41) is 14.8. The summed E-state index contributed by atoms with van der Waals surface area (Å²) < 4.78 is 6.04. The quantitative estimate of drug-likeness (QED) is 0.708. The maximum Gasteiger partial charge on any atom is 0.315 e. The van der Waals surface area contributed by atoms with Gasteiger partial charge in [-0.2, -0.15) is 0 Å². The maximum atomic E-state index is 12.1. The molecule has 7 heteroatoms. The van der Waals surface area contributed by atoms with Crippen LogP contribution in [0.15, 0.2) is 22.7 Å². The van der Waals surface area contributed by atoms with Crippen LogP contribution in [0.2, 0.25) is 0 Å². The molecule has 2 amide bonds. The van der Waals surface area contributed by atoms with Gasteiger partial charge >= 0.3 is 12.0 Å². The number of urea groups is 1. The predicted octanol–water partition coefficient (Wildman–Crippen LogP) is 3.46. The SMILES string of the molecule is COc1ccc(C(C)NC(=O)NC2CCC(C(=O)O)CC2)cc1Br. The van der Waals surface area contributed by atoms with Crippen LogP contribution in [-0.2, 0) is 4.79 Å². The molecular weight excluding hydrogens is 376 g/mol. The summed E-state index contributed by atoms with van der Waals surface area (Å²) in [6, 6.07) is 5.34. The van der Waals surface area contributed by atoms with Crippen LogP contribution in [0.5, 0.6) is 5.75 Å². The standard InChI is InChI=1S/C17H23BrN2O4/c1-10(12-5-8-15(24-2)14(18)9-12)19-17(23)20-13-6-3-11(4-7-13)16(21)22/h5,8-11,13H,3-4,6-7H2,1-2H3,(H,21,22)(H2,19,20,23). The highest BCUT2D eigenvalue weighted by Crippen LogP contribution is 2.28. The van der Waals surface area contributed by atoms with Crippen molar-refractivity contribution in [1.82, 2.24) is 10.6 Å². The second-order valence-electron chi connectivity index (χ2n) is 6.12. The van der Waals surface area contributed by atoms with E-state index >= 15 is 0 Å². The van der Waals surface area contributed by atoms with E-state index in [9.17, 15) is 9.59 Å². The Bertz CT molecular complexity index is 600. The fourth-order valence-corrected chi connectivity index (χ4v) is 3.50. The molecular formula is C17H23BrN2O4. The number of hydrogen-bond donors (Lipinski definition) is 3. The molecule has 132 valence electrons. The van der Waals surface area contributed by atoms with Gasteiger partial charge in [0, 0.05) is 6.04 Å². The van der Waals surface area contributed by atoms with Crippen molar-refractivity contribution < 1.29 is 19.4 Å². The van der Waals surface area contributed by atoms with Gasteiger partial charge < -0.3 is 20.5 Å². The van der Waals surface area contributed by atoms with E-state index in [1.54, 1.807) is 7.11 Å². The minimum atomic E-state index is -0.739. The van der Waals surface area contributed by atoms with Crippen molar-refractivity contribution in [1.29, 1.82) is 0 Å². The van der Waals surface area contributed by atoms with Crippen LogP contribution in [0.25, 0.3) is 0 Å². The molecule has 1 saturated carbocycles. The van der Waals surface area contributed by atoms with Crippen LogP contribution < -0.4 is 15.4 Å². The number of carboxylic acid groups (broad SMARTS) is 1. The zero-order valence-corrected chi connectivity index (χ0v) is 15.4. The summed E-state index contributed by atoms with van der Waals surface area (Å²) in [4.78, 5) is 23.1. The van der Waals surface area contributed by atoms with Crippen LogP contribution in [-0.4, -0.2) is 30.3 Å². The number of methoxy groups -OCH3 is 1. The molecule has 0 aliphatic heterocycles. The van der Waals surface area contributed by atoms with E-state index < -0.39 is 5.97 Å². The molecule has 1 fully saturated rings. The molecule has 1 atom stereocenters. The van der Waals surface area contributed by atoms with Crippen molar-refractivity contribution >= 4 is 27.9 Å². The largest absolute Gasteiger partial charge is 0.496 e. The lowest BCUT2D eigenvalue weighted by atomic mass is 9.86. The molecule has 0 bridgehead atoms. The maximum absolute atomic E-state index is 12.1. The zero-order chi connectivity index (χ0) is 17.7. The van der Waals surface area contributed by atoms with Gasteiger partial charge in [0.05, 0.1) is 23.5 Å². The third-order valence-electron chi connectivity index (χ3n) is 4.44. The Morgan fingerprint density at radius 2 is 1.96 bits per heavy atom. The van der Waals surface area contributed by atoms with E-state index in [1.165, 1.54) is 0 Å². The molecule has 1 aliphatic rings. The number of aliphatic carboxylic acids is 1. The average Bonchev–Trinajstić information content (AvgIpc) is 2.55. The molecule has 2 rings (SSSR count). The Hall–Kier alpha value is -1.76. The van der Waals surface area contributed by atoms with Gasteiger partial charge in [0.1, 0.15) is 5.75 Å². The molecule has 0 saturated heterocycles. The third-order valence-corrected chi connectivity index (χ3v) is 5.05. The van der Waals surface area contributed by atoms with E-state index in [-0.39, 0.29) is 24.0 Å². The fourth-order valence-electron chi connectivity index (χ4n) is 2.94. The molecule has 0 heterocycles. The summed E-state index contributed by atoms with van der Waals surface area (Å²) in [6.45, 7) is 1.91. The number of nitrogens with one attached hydrogen (secondary N) is 2. The van der Waals surface area contributed by atoms with Crippen molar-refractivity contribution in [2.45, 2.75) is 44.7 Å². The lowest BCUT2D eigenvalue weighted by Crippen LogP contribution is -2.44. The number of amides is 2. The predicted molar refractivity (Wildman–Crippen MR) is 94.2 cm³/mol. The van der Waals surface area contributed by atoms with Gasteiger partial charge in [-0.1, -0.05) is 6.07 Å². The highest BCUT2D eigenvalue weighted by Gasteiger charge is 2.26. The second-order valence-corrected chi connectivity index (χ2v) is 6.97. The molecule has 0 radical (unpaired) electrons. The van der Waals surface area contributed by atoms with Gasteiger partial charge in [-0.05, 0) is 66.2 Å². The summed E-state index contributed by atoms with van der Waals surface area (Å²) in [6.07, 6.45) is 2.63. The number of carbonyl (C=O) groups excluding carboxylic acids is 1. The van der Waals surface area contributed by atoms with Crippen molar-refractivity contribution in [2.75, 3.05) is 7.11 Å². The van der Waals surface area contributed by atoms with Crippen LogP contribution in [0.3, 0.4) is 0 Å². The Morgan fingerprint density at radius 1 is 1.29 bits per heavy atom. The van der Waals surface area contributed by atoms with E-state index in [2.05, 4.69) is 26.6 Å². The Balaban J connectivity index is 1.84. The summed E-state index contributed by atoms with van der Waals surface area (Å²) in [7, 11) is 1.61. The monoisotopic (exact) mass is 398 g/mol. The molecule has 0 spiro atoms. The lowest BCUT2D eigenvalue weighted by molar-refractivity contribution is -0.142. The first-order valence-corrected chi connectivity index (χ1v) is 8.83. The van der Waals surface area contributed by atoms with E-state index in [0.717, 1.165) is 15.8 Å². The summed E-state index contributed by atoms with van der Waals surface area (Å²) >= 11 is 3.44. The van der Waals surface area contributed by atoms with Gasteiger partial charge in [-0.15, -0.1) is 0 Å². The van der Waals surface area contributed by atoms with Crippen LogP contribution >= 0.6 is 15.9 Å². The molecule has 1 unspecified atom stereocenters. The average molecular weight is 399 g/mol. The number of hydrogen-bond acceptors (Lipinski definition) is 3. The highest BCUT2D eigenvalue weighted by atomic mass is 79.9. The first kappa shape index (κ1) is 18.6. The number of ether oxygens (including phenoxy) is 1. The number of carbonyl (C=O) groups is 2. The second kappa shape index (κ2) is 8.37. The van der Waals surface area contributed by atoms with Gasteiger partial charge in [-0.3, -0.25) is 4.79 Å². The first-order chi connectivity index (χ1) is 11.4. The fraction of sp³-hybridized carbons (Fsp3) is 0.529. The first-order valence-electron chi connectivity index (χ1n) is 8.04. The normalized spacial score (nSPS) is 21.6. The topological polar surface area (TPSA) is 87.7 Å². The summed E-state index contributed by atoms with van der Waals surface area (Å²) in [5.41, 5.74) is 0.965. The van der Waals surface area contributed by atoms with Crippen molar-refractivity contribution in [2.24, 2.45) is 5.92 Å². The molecule has 1 aromatic carbocycles. The van der Waals surface area contributed by atoms with Crippen LogP contribution in [0.4, 0.5) is 4.79 Å². The molecule has 24 heavy (non-hydrogen) atoms. The number of rotatable bonds is 5. The Labute approximate surface area is 150 Å². The molecule has 1 aromatic rings. The molecule has 3 N–H and O–H groups in total. The van der Waals surface area contributed by atoms with Crippen LogP contribution in [0, 0.1) is 5.92 Å². The van der Waals surface area contributed by atoms with Crippen LogP contribution in [0.1, 0.15) is 44.2 Å². The van der Waals surface area contributed by atoms with E-state index in [4.69, 9.17) is 9.84 Å². The van der Waals surface area contributed by atoms with Gasteiger partial charge in [0.25, 0.3) is 0 Å². The van der Waals surface area contributed by atoms with Crippen molar-refractivity contribution in [3.8, 4) is 5.75 Å². The van der Waals surface area contributed by atoms with Crippen molar-refractivity contribution in [3.63, 3.8) is 0 Å². The van der Waals surface area contributed by atoms with Crippen molar-refractivity contribution in [3.05, 3.63) is 28.2 Å². The summed E-state index contributed by atoms with van der Waals surface area (Å²) in [5.74, 6) is -0.274. The minimum absolute atomic E-state index is 0.0374.